The number of rotatable bonds is 10. The first-order valence-electron chi connectivity index (χ1n) is 14.7. The summed E-state index contributed by atoms with van der Waals surface area (Å²) in [5, 5.41) is -0.988. The molecule has 0 spiro atoms. The predicted molar refractivity (Wildman–Crippen MR) is 168 cm³/mol. The number of carbonyl (C=O) groups is 1. The summed E-state index contributed by atoms with van der Waals surface area (Å²) in [5.74, 6) is 1.40. The van der Waals surface area contributed by atoms with E-state index in [1.807, 2.05) is 65.0 Å². The van der Waals surface area contributed by atoms with Crippen LogP contribution in [0.15, 0.2) is 52.9 Å². The van der Waals surface area contributed by atoms with E-state index in [1.165, 1.54) is 7.11 Å². The highest BCUT2D eigenvalue weighted by atomic mass is 31.3. The molecule has 2 aliphatic heterocycles. The summed E-state index contributed by atoms with van der Waals surface area (Å²) in [6.07, 6.45) is -0.906. The van der Waals surface area contributed by atoms with Crippen molar-refractivity contribution in [3.05, 3.63) is 71.1 Å². The van der Waals surface area contributed by atoms with E-state index in [2.05, 4.69) is 4.98 Å². The molecule has 2 radical (unpaired) electrons. The topological polar surface area (TPSA) is 133 Å². The van der Waals surface area contributed by atoms with Gasteiger partial charge in [0.15, 0.2) is 0 Å². The summed E-state index contributed by atoms with van der Waals surface area (Å²) in [6.45, 7) is 9.51. The van der Waals surface area contributed by atoms with Gasteiger partial charge >= 0.3 is 0 Å². The van der Waals surface area contributed by atoms with E-state index in [0.29, 0.717) is 41.5 Å². The van der Waals surface area contributed by atoms with Gasteiger partial charge < -0.3 is 41.9 Å². The van der Waals surface area contributed by atoms with Gasteiger partial charge in [-0.15, -0.1) is 0 Å². The van der Waals surface area contributed by atoms with Gasteiger partial charge in [0.25, 0.3) is 5.91 Å². The van der Waals surface area contributed by atoms with E-state index in [-0.39, 0.29) is 36.7 Å². The Hall–Kier alpha value is -2.46. The van der Waals surface area contributed by atoms with Crippen molar-refractivity contribution >= 4 is 21.8 Å². The van der Waals surface area contributed by atoms with Crippen LogP contribution in [0.2, 0.25) is 0 Å². The second-order valence-electron chi connectivity index (χ2n) is 11.5. The summed E-state index contributed by atoms with van der Waals surface area (Å²) in [5.41, 5.74) is 2.67. The zero-order chi connectivity index (χ0) is 31.8. The zero-order valence-electron chi connectivity index (χ0n) is 26.2. The molecule has 11 nitrogen and oxygen atoms in total. The maximum Gasteiger partial charge on any atom is 0.257 e. The molecular formula is C31H42N2O9P2. The molecule has 1 aromatic heterocycles. The Labute approximate surface area is 259 Å². The van der Waals surface area contributed by atoms with Crippen molar-refractivity contribution in [2.24, 2.45) is 0 Å². The number of aromatic nitrogens is 1. The fourth-order valence-electron chi connectivity index (χ4n) is 5.25. The normalized spacial score (nSPS) is 29.1. The van der Waals surface area contributed by atoms with Crippen LogP contribution in [0.25, 0.3) is 11.5 Å². The summed E-state index contributed by atoms with van der Waals surface area (Å²) < 4.78 is 35.3. The van der Waals surface area contributed by atoms with Crippen molar-refractivity contribution in [1.29, 1.82) is 0 Å². The number of ether oxygens (including phenoxy) is 1. The van der Waals surface area contributed by atoms with Crippen LogP contribution in [0.5, 0.6) is 5.75 Å². The molecule has 0 saturated carbocycles. The van der Waals surface area contributed by atoms with Gasteiger partial charge in [0.05, 0.1) is 42.8 Å². The van der Waals surface area contributed by atoms with Crippen molar-refractivity contribution in [3.8, 4) is 17.2 Å². The van der Waals surface area contributed by atoms with Crippen molar-refractivity contribution in [2.75, 3.05) is 20.7 Å². The van der Waals surface area contributed by atoms with E-state index in [9.17, 15) is 14.6 Å². The maximum atomic E-state index is 13.7. The third kappa shape index (κ3) is 6.71. The molecule has 0 bridgehead atoms. The average Bonchev–Trinajstić information content (AvgIpc) is 3.60. The minimum atomic E-state index is -3.62. The van der Waals surface area contributed by atoms with Gasteiger partial charge in [0.2, 0.25) is 21.8 Å². The number of carbonyl (C=O) groups excluding carboxylic acids is 1. The van der Waals surface area contributed by atoms with Crippen LogP contribution in [0.1, 0.15) is 55.1 Å². The lowest BCUT2D eigenvalue weighted by molar-refractivity contribution is 0.0792. The van der Waals surface area contributed by atoms with Crippen molar-refractivity contribution in [3.63, 3.8) is 0 Å². The minimum absolute atomic E-state index is 0.0990. The number of amides is 1. The fourth-order valence-corrected chi connectivity index (χ4v) is 11.5. The first-order chi connectivity index (χ1) is 20.8. The molecule has 2 fully saturated rings. The molecule has 4 atom stereocenters. The Morgan fingerprint density at radius 1 is 0.955 bits per heavy atom. The molecule has 2 aliphatic rings. The molecule has 4 unspecified atom stereocenters. The highest BCUT2D eigenvalue weighted by molar-refractivity contribution is 7.79. The maximum absolute atomic E-state index is 13.7. The van der Waals surface area contributed by atoms with Gasteiger partial charge in [-0.25, -0.2) is 4.98 Å². The molecule has 2 aromatic carbocycles. The second kappa shape index (κ2) is 13.1. The number of likely N-dealkylation sites (N-methyl/N-ethyl adjacent to an activating group) is 1. The lowest BCUT2D eigenvalue weighted by Gasteiger charge is -2.39. The Bertz CT molecular complexity index is 1420. The van der Waals surface area contributed by atoms with E-state index in [1.54, 1.807) is 30.1 Å². The van der Waals surface area contributed by atoms with Crippen LogP contribution in [-0.2, 0) is 30.9 Å². The van der Waals surface area contributed by atoms with Gasteiger partial charge in [0.1, 0.15) is 16.9 Å². The van der Waals surface area contributed by atoms with Crippen LogP contribution in [0, 0.1) is 6.92 Å². The minimum Gasteiger partial charge on any atom is -0.496 e. The van der Waals surface area contributed by atoms with Crippen LogP contribution >= 0.6 is 15.9 Å². The monoisotopic (exact) mass is 648 g/mol. The summed E-state index contributed by atoms with van der Waals surface area (Å²) in [6, 6.07) is 14.9. The third-order valence-electron chi connectivity index (χ3n) is 8.20. The lowest BCUT2D eigenvalue weighted by Crippen LogP contribution is -2.29. The molecule has 44 heavy (non-hydrogen) atoms. The number of hydrogen-bond acceptors (Lipinski definition) is 10. The molecule has 1 amide bonds. The quantitative estimate of drug-likeness (QED) is 0.252. The lowest BCUT2D eigenvalue weighted by atomic mass is 10.1. The molecule has 5 rings (SSSR count). The molecule has 3 aromatic rings. The van der Waals surface area contributed by atoms with Gasteiger partial charge in [-0.05, 0) is 70.9 Å². The third-order valence-corrected chi connectivity index (χ3v) is 14.4. The van der Waals surface area contributed by atoms with Crippen LogP contribution in [0.3, 0.4) is 0 Å². The predicted octanol–water partition coefficient (Wildman–Crippen LogP) is 6.00. The number of oxazole rings is 1. The molecule has 0 aliphatic carbocycles. The number of benzene rings is 2. The van der Waals surface area contributed by atoms with Crippen LogP contribution in [-0.4, -0.2) is 76.1 Å². The van der Waals surface area contributed by atoms with E-state index in [0.717, 1.165) is 11.3 Å². The zero-order valence-corrected chi connectivity index (χ0v) is 28.0. The number of nitrogens with zero attached hydrogens (tertiary/aromatic N) is 2. The Kier molecular flexibility index (Phi) is 9.81. The standard InChI is InChI=1S/C31H42N2O9P2/c1-19-20(2)40-43(35,39-19)29(44(36)41-21(3)22(4)42-44)18-24-13-14-28(37-7)26(17-24)31(34)33(6)16-15-27-23(5)38-30(32-27)25-11-9-8-10-12-25/h8-14,17,19-22,29,35-36H,15-16,18H2,1-7H3. The Balaban J connectivity index is 1.36. The molecular weight excluding hydrogens is 606 g/mol. The van der Waals surface area contributed by atoms with Crippen LogP contribution < -0.4 is 4.74 Å². The Morgan fingerprint density at radius 3 is 2.07 bits per heavy atom. The number of aryl methyl sites for hydroxylation is 1. The highest BCUT2D eigenvalue weighted by Crippen LogP contribution is 2.83. The Morgan fingerprint density at radius 2 is 1.52 bits per heavy atom. The van der Waals surface area contributed by atoms with Crippen molar-refractivity contribution in [2.45, 2.75) is 77.3 Å². The first kappa shape index (κ1) is 32.9. The van der Waals surface area contributed by atoms with E-state index < -0.39 is 21.3 Å². The van der Waals surface area contributed by atoms with Gasteiger partial charge in [-0.1, -0.05) is 24.3 Å². The molecule has 2 saturated heterocycles. The highest BCUT2D eigenvalue weighted by Gasteiger charge is 2.60. The largest absolute Gasteiger partial charge is 0.496 e. The van der Waals surface area contributed by atoms with Gasteiger partial charge in [-0.2, -0.15) is 0 Å². The molecule has 2 N–H and O–H groups in total. The van der Waals surface area contributed by atoms with Crippen molar-refractivity contribution in [1.82, 2.24) is 9.88 Å². The summed E-state index contributed by atoms with van der Waals surface area (Å²) in [7, 11) is -4.00. The number of methoxy groups -OCH3 is 1. The molecule has 240 valence electrons. The summed E-state index contributed by atoms with van der Waals surface area (Å²) >= 11 is 0. The van der Waals surface area contributed by atoms with Crippen molar-refractivity contribution < 1.29 is 41.8 Å². The summed E-state index contributed by atoms with van der Waals surface area (Å²) in [4.78, 5) is 43.3. The van der Waals surface area contributed by atoms with E-state index >= 15 is 0 Å². The first-order valence-corrected chi connectivity index (χ1v) is 18.0. The van der Waals surface area contributed by atoms with E-state index in [4.69, 9.17) is 27.2 Å². The smallest absolute Gasteiger partial charge is 0.257 e. The SMILES string of the molecule is COc1ccc(CC([P]2(O)OC(C)C(C)O2)[P]2(O)OC(C)C(C)O2)cc1C(=O)N(C)CCc1nc(-c2ccccc2)oc1C. The average molecular weight is 649 g/mol. The second-order valence-corrected chi connectivity index (χ2v) is 16.2. The number of hydrogen-bond donors (Lipinski definition) is 2. The molecule has 3 heterocycles. The fraction of sp³-hybridized carbons (Fsp3) is 0.484. The van der Waals surface area contributed by atoms with Crippen LogP contribution in [0.4, 0.5) is 0 Å². The van der Waals surface area contributed by atoms with Gasteiger partial charge in [0, 0.05) is 25.6 Å². The molecule has 13 heteroatoms. The van der Waals surface area contributed by atoms with Gasteiger partial charge in [-0.3, -0.25) is 4.79 Å².